The predicted molar refractivity (Wildman–Crippen MR) is 88.3 cm³/mol. The Labute approximate surface area is 132 Å². The lowest BCUT2D eigenvalue weighted by Gasteiger charge is -2.25. The molecule has 0 aliphatic carbocycles. The third-order valence-corrected chi connectivity index (χ3v) is 3.70. The molecule has 22 heavy (non-hydrogen) atoms. The lowest BCUT2D eigenvalue weighted by atomic mass is 10.0. The van der Waals surface area contributed by atoms with E-state index in [1.807, 2.05) is 32.9 Å². The molecule has 1 rings (SSSR count). The zero-order valence-electron chi connectivity index (χ0n) is 13.9. The van der Waals surface area contributed by atoms with Crippen LogP contribution >= 0.6 is 0 Å². The van der Waals surface area contributed by atoms with E-state index in [1.54, 1.807) is 4.90 Å². The van der Waals surface area contributed by atoms with E-state index in [-0.39, 0.29) is 31.1 Å². The molecule has 1 aromatic carbocycles. The number of aryl methyl sites for hydroxylation is 1. The molecule has 0 aliphatic rings. The lowest BCUT2D eigenvalue weighted by Crippen LogP contribution is -2.45. The van der Waals surface area contributed by atoms with Crippen molar-refractivity contribution in [2.75, 3.05) is 13.1 Å². The Bertz CT molecular complexity index is 497. The Morgan fingerprint density at radius 3 is 2.18 bits per heavy atom. The van der Waals surface area contributed by atoms with Crippen LogP contribution in [-0.2, 0) is 16.0 Å². The molecule has 0 heterocycles. The van der Waals surface area contributed by atoms with Gasteiger partial charge in [-0.05, 0) is 38.3 Å². The van der Waals surface area contributed by atoms with Crippen molar-refractivity contribution in [2.45, 2.75) is 46.2 Å². The number of rotatable bonds is 8. The van der Waals surface area contributed by atoms with E-state index in [4.69, 9.17) is 5.73 Å². The molecule has 0 spiro atoms. The number of nitrogens with two attached hydrogens (primary N) is 1. The average Bonchev–Trinajstić information content (AvgIpc) is 2.46. The molecule has 1 aromatic rings. The maximum Gasteiger partial charge on any atom is 0.234 e. The molecule has 5 heteroatoms. The molecule has 1 atom stereocenters. The summed E-state index contributed by atoms with van der Waals surface area (Å²) in [5.41, 5.74) is 7.55. The molecule has 0 aromatic heterocycles. The smallest absolute Gasteiger partial charge is 0.234 e. The largest absolute Gasteiger partial charge is 0.369 e. The summed E-state index contributed by atoms with van der Waals surface area (Å²) in [5.74, 6) is -0.535. The van der Waals surface area contributed by atoms with E-state index in [2.05, 4.69) is 24.4 Å². The number of hydrogen-bond donors (Lipinski definition) is 2. The normalized spacial score (nSPS) is 12.5. The highest BCUT2D eigenvalue weighted by Crippen LogP contribution is 2.13. The lowest BCUT2D eigenvalue weighted by molar-refractivity contribution is -0.125. The maximum absolute atomic E-state index is 12.1. The first-order chi connectivity index (χ1) is 10.3. The molecule has 5 nitrogen and oxygen atoms in total. The zero-order chi connectivity index (χ0) is 16.7. The van der Waals surface area contributed by atoms with Gasteiger partial charge in [0.25, 0.3) is 0 Å². The van der Waals surface area contributed by atoms with Crippen molar-refractivity contribution in [1.29, 1.82) is 0 Å². The number of primary amides is 1. The van der Waals surface area contributed by atoms with E-state index in [0.717, 1.165) is 12.0 Å². The maximum atomic E-state index is 12.1. The Balaban J connectivity index is 2.60. The summed E-state index contributed by atoms with van der Waals surface area (Å²) >= 11 is 0. The van der Waals surface area contributed by atoms with E-state index in [1.165, 1.54) is 5.56 Å². The van der Waals surface area contributed by atoms with Crippen molar-refractivity contribution in [2.24, 2.45) is 5.73 Å². The van der Waals surface area contributed by atoms with Crippen molar-refractivity contribution >= 4 is 11.8 Å². The van der Waals surface area contributed by atoms with Gasteiger partial charge in [0.2, 0.25) is 11.8 Å². The number of nitrogens with zero attached hydrogens (tertiary/aromatic N) is 1. The summed E-state index contributed by atoms with van der Waals surface area (Å²) in [7, 11) is 0. The molecule has 0 saturated carbocycles. The van der Waals surface area contributed by atoms with Gasteiger partial charge in [-0.15, -0.1) is 0 Å². The van der Waals surface area contributed by atoms with Gasteiger partial charge in [-0.2, -0.15) is 0 Å². The minimum Gasteiger partial charge on any atom is -0.369 e. The van der Waals surface area contributed by atoms with Crippen molar-refractivity contribution in [3.8, 4) is 0 Å². The summed E-state index contributed by atoms with van der Waals surface area (Å²) in [6.07, 6.45) is 0.998. The molecular formula is C17H27N3O2. The molecule has 3 N–H and O–H groups in total. The van der Waals surface area contributed by atoms with Crippen LogP contribution in [-0.4, -0.2) is 35.8 Å². The van der Waals surface area contributed by atoms with Crippen LogP contribution in [0.1, 0.15) is 44.9 Å². The van der Waals surface area contributed by atoms with Gasteiger partial charge in [0, 0.05) is 6.04 Å². The summed E-state index contributed by atoms with van der Waals surface area (Å²) in [5, 5.41) is 2.96. The summed E-state index contributed by atoms with van der Waals surface area (Å²) in [6, 6.07) is 8.23. The van der Waals surface area contributed by atoms with E-state index < -0.39 is 5.91 Å². The number of carbonyl (C=O) groups is 2. The van der Waals surface area contributed by atoms with Crippen molar-refractivity contribution in [1.82, 2.24) is 10.2 Å². The quantitative estimate of drug-likeness (QED) is 0.766. The number of carbonyl (C=O) groups excluding carboxylic acids is 2. The van der Waals surface area contributed by atoms with Crippen LogP contribution in [0.25, 0.3) is 0 Å². The van der Waals surface area contributed by atoms with Gasteiger partial charge in [0.05, 0.1) is 19.1 Å². The van der Waals surface area contributed by atoms with Crippen LogP contribution in [0.15, 0.2) is 24.3 Å². The summed E-state index contributed by atoms with van der Waals surface area (Å²) in [4.78, 5) is 24.9. The molecule has 0 bridgehead atoms. The zero-order valence-corrected chi connectivity index (χ0v) is 13.9. The molecule has 0 radical (unpaired) electrons. The minimum atomic E-state index is -0.426. The van der Waals surface area contributed by atoms with Crippen LogP contribution in [0, 0.1) is 0 Å². The topological polar surface area (TPSA) is 75.4 Å². The fourth-order valence-electron chi connectivity index (χ4n) is 2.22. The second-order valence-corrected chi connectivity index (χ2v) is 5.85. The van der Waals surface area contributed by atoms with Gasteiger partial charge >= 0.3 is 0 Å². The number of amides is 2. The second kappa shape index (κ2) is 8.54. The first kappa shape index (κ1) is 18.2. The van der Waals surface area contributed by atoms with Crippen LogP contribution in [0.2, 0.25) is 0 Å². The van der Waals surface area contributed by atoms with Crippen molar-refractivity contribution in [3.63, 3.8) is 0 Å². The summed E-state index contributed by atoms with van der Waals surface area (Å²) in [6.45, 7) is 8.18. The fraction of sp³-hybridized carbons (Fsp3) is 0.529. The highest BCUT2D eigenvalue weighted by molar-refractivity contribution is 5.80. The highest BCUT2D eigenvalue weighted by Gasteiger charge is 2.17. The van der Waals surface area contributed by atoms with Gasteiger partial charge in [-0.1, -0.05) is 31.2 Å². The molecule has 0 aliphatic heterocycles. The fourth-order valence-corrected chi connectivity index (χ4v) is 2.22. The molecular weight excluding hydrogens is 278 g/mol. The van der Waals surface area contributed by atoms with Crippen molar-refractivity contribution in [3.05, 3.63) is 35.4 Å². The van der Waals surface area contributed by atoms with Crippen LogP contribution in [0.5, 0.6) is 0 Å². The van der Waals surface area contributed by atoms with Crippen molar-refractivity contribution < 1.29 is 9.59 Å². The highest BCUT2D eigenvalue weighted by atomic mass is 16.2. The predicted octanol–water partition coefficient (Wildman–Crippen LogP) is 1.62. The summed E-state index contributed by atoms with van der Waals surface area (Å²) < 4.78 is 0. The van der Waals surface area contributed by atoms with Gasteiger partial charge in [-0.3, -0.25) is 14.5 Å². The molecule has 2 amide bonds. The van der Waals surface area contributed by atoms with Crippen LogP contribution in [0.4, 0.5) is 0 Å². The standard InChI is InChI=1S/C17H27N3O2/c1-5-14-6-8-15(9-7-14)13(4)19-17(22)11-20(12(2)3)10-16(18)21/h6-9,12-13H,5,10-11H2,1-4H3,(H2,18,21)(H,19,22). The second-order valence-electron chi connectivity index (χ2n) is 5.85. The number of hydrogen-bond acceptors (Lipinski definition) is 3. The average molecular weight is 305 g/mol. The van der Waals surface area contributed by atoms with Crippen LogP contribution < -0.4 is 11.1 Å². The number of nitrogens with one attached hydrogen (secondary N) is 1. The van der Waals surface area contributed by atoms with Gasteiger partial charge < -0.3 is 11.1 Å². The van der Waals surface area contributed by atoms with Gasteiger partial charge in [0.1, 0.15) is 0 Å². The van der Waals surface area contributed by atoms with Crippen LogP contribution in [0.3, 0.4) is 0 Å². The Morgan fingerprint density at radius 1 is 1.14 bits per heavy atom. The Kier molecular flexibility index (Phi) is 7.05. The molecule has 122 valence electrons. The molecule has 1 unspecified atom stereocenters. The Morgan fingerprint density at radius 2 is 1.73 bits per heavy atom. The van der Waals surface area contributed by atoms with E-state index in [0.29, 0.717) is 0 Å². The van der Waals surface area contributed by atoms with Gasteiger partial charge in [-0.25, -0.2) is 0 Å². The van der Waals surface area contributed by atoms with Gasteiger partial charge in [0.15, 0.2) is 0 Å². The molecule has 0 fully saturated rings. The first-order valence-corrected chi connectivity index (χ1v) is 7.74. The third kappa shape index (κ3) is 5.85. The van der Waals surface area contributed by atoms with E-state index >= 15 is 0 Å². The monoisotopic (exact) mass is 305 g/mol. The first-order valence-electron chi connectivity index (χ1n) is 7.74. The third-order valence-electron chi connectivity index (χ3n) is 3.70. The van der Waals surface area contributed by atoms with E-state index in [9.17, 15) is 9.59 Å². The SMILES string of the molecule is CCc1ccc(C(C)NC(=O)CN(CC(N)=O)C(C)C)cc1. The molecule has 0 saturated heterocycles. The minimum absolute atomic E-state index is 0.0685. The Hall–Kier alpha value is -1.88. The number of benzene rings is 1.